The highest BCUT2D eigenvalue weighted by atomic mass is 32.2. The molecule has 0 saturated carbocycles. The molecule has 22 heavy (non-hydrogen) atoms. The lowest BCUT2D eigenvalue weighted by Gasteiger charge is -2.13. The third-order valence-corrected chi connectivity index (χ3v) is 3.93. The minimum Gasteiger partial charge on any atom is -0.448 e. The number of sulfonamides is 1. The molecule has 0 aromatic heterocycles. The summed E-state index contributed by atoms with van der Waals surface area (Å²) in [5, 5.41) is 7.34. The smallest absolute Gasteiger partial charge is 0.409 e. The van der Waals surface area contributed by atoms with Crippen LogP contribution in [0.15, 0.2) is 23.1 Å². The van der Waals surface area contributed by atoms with Gasteiger partial charge in [0.05, 0.1) is 17.0 Å². The second-order valence-corrected chi connectivity index (χ2v) is 6.11. The van der Waals surface area contributed by atoms with Crippen LogP contribution in [0.1, 0.15) is 10.4 Å². The Kier molecular flexibility index (Phi) is 4.62. The monoisotopic (exact) mass is 331 g/mol. The maximum absolute atomic E-state index is 13.6. The van der Waals surface area contributed by atoms with Gasteiger partial charge in [0.1, 0.15) is 12.4 Å². The zero-order valence-electron chi connectivity index (χ0n) is 11.4. The fourth-order valence-electron chi connectivity index (χ4n) is 1.88. The average molecular weight is 331 g/mol. The molecule has 0 spiro atoms. The molecule has 2 amide bonds. The van der Waals surface area contributed by atoms with Crippen LogP contribution in [0.5, 0.6) is 0 Å². The van der Waals surface area contributed by atoms with Gasteiger partial charge in [-0.25, -0.2) is 22.7 Å². The summed E-state index contributed by atoms with van der Waals surface area (Å²) in [5.74, 6) is -1.67. The predicted molar refractivity (Wildman–Crippen MR) is 73.0 cm³/mol. The lowest BCUT2D eigenvalue weighted by molar-refractivity contribution is 0.0944. The predicted octanol–water partition coefficient (Wildman–Crippen LogP) is -0.345. The van der Waals surface area contributed by atoms with E-state index in [9.17, 15) is 22.4 Å². The first-order valence-electron chi connectivity index (χ1n) is 6.31. The number of halogens is 1. The summed E-state index contributed by atoms with van der Waals surface area (Å²) >= 11 is 0. The highest BCUT2D eigenvalue weighted by Crippen LogP contribution is 2.14. The topological polar surface area (TPSA) is 119 Å². The summed E-state index contributed by atoms with van der Waals surface area (Å²) in [6.07, 6.45) is -0.475. The molecule has 1 heterocycles. The molecule has 1 fully saturated rings. The van der Waals surface area contributed by atoms with Crippen molar-refractivity contribution in [1.82, 2.24) is 10.2 Å². The fraction of sp³-hybridized carbons (Fsp3) is 0.333. The highest BCUT2D eigenvalue weighted by molar-refractivity contribution is 7.89. The lowest BCUT2D eigenvalue weighted by Crippen LogP contribution is -2.35. The van der Waals surface area contributed by atoms with Gasteiger partial charge < -0.3 is 15.0 Å². The van der Waals surface area contributed by atoms with E-state index in [1.807, 2.05) is 0 Å². The van der Waals surface area contributed by atoms with Crippen molar-refractivity contribution in [2.24, 2.45) is 5.14 Å². The van der Waals surface area contributed by atoms with Crippen molar-refractivity contribution in [1.29, 1.82) is 0 Å². The number of carbonyl (C=O) groups is 2. The second kappa shape index (κ2) is 6.28. The number of carbonyl (C=O) groups excluding carboxylic acids is 2. The fourth-order valence-corrected chi connectivity index (χ4v) is 2.42. The van der Waals surface area contributed by atoms with Crippen molar-refractivity contribution in [3.8, 4) is 0 Å². The molecule has 0 radical (unpaired) electrons. The normalized spacial score (nSPS) is 14.8. The van der Waals surface area contributed by atoms with E-state index < -0.39 is 33.4 Å². The number of benzene rings is 1. The zero-order chi connectivity index (χ0) is 16.3. The van der Waals surface area contributed by atoms with Gasteiger partial charge in [-0.1, -0.05) is 0 Å². The third-order valence-electron chi connectivity index (χ3n) is 3.02. The van der Waals surface area contributed by atoms with Gasteiger partial charge in [0, 0.05) is 13.1 Å². The molecule has 3 N–H and O–H groups in total. The molecular formula is C12H14FN3O5S. The van der Waals surface area contributed by atoms with Gasteiger partial charge in [-0.2, -0.15) is 0 Å². The number of nitrogens with one attached hydrogen (secondary N) is 1. The molecule has 120 valence electrons. The first kappa shape index (κ1) is 16.2. The number of nitrogens with two attached hydrogens (primary N) is 1. The van der Waals surface area contributed by atoms with Crippen LogP contribution in [0.3, 0.4) is 0 Å². The molecular weight excluding hydrogens is 317 g/mol. The third kappa shape index (κ3) is 3.71. The molecule has 0 unspecified atom stereocenters. The standard InChI is InChI=1S/C12H14FN3O5S/c13-10-2-1-8(22(14,19)20)7-9(10)11(17)15-3-4-16-5-6-21-12(16)18/h1-2,7H,3-6H2,(H,15,17)(H2,14,19,20). The molecule has 0 bridgehead atoms. The van der Waals surface area contributed by atoms with Crippen molar-refractivity contribution in [2.45, 2.75) is 4.90 Å². The summed E-state index contributed by atoms with van der Waals surface area (Å²) in [6, 6.07) is 2.69. The van der Waals surface area contributed by atoms with Crippen LogP contribution in [0.2, 0.25) is 0 Å². The number of rotatable bonds is 5. The number of hydrogen-bond donors (Lipinski definition) is 2. The molecule has 8 nitrogen and oxygen atoms in total. The van der Waals surface area contributed by atoms with Gasteiger partial charge in [-0.3, -0.25) is 4.79 Å². The highest BCUT2D eigenvalue weighted by Gasteiger charge is 2.22. The molecule has 1 aromatic rings. The van der Waals surface area contributed by atoms with Gasteiger partial charge in [-0.15, -0.1) is 0 Å². The minimum absolute atomic E-state index is 0.0764. The van der Waals surface area contributed by atoms with Crippen molar-refractivity contribution in [3.63, 3.8) is 0 Å². The number of ether oxygens (including phenoxy) is 1. The van der Waals surface area contributed by atoms with Crippen molar-refractivity contribution in [3.05, 3.63) is 29.6 Å². The summed E-state index contributed by atoms with van der Waals surface area (Å²) in [4.78, 5) is 24.1. The first-order chi connectivity index (χ1) is 10.3. The van der Waals surface area contributed by atoms with E-state index in [-0.39, 0.29) is 24.6 Å². The molecule has 0 atom stereocenters. The Balaban J connectivity index is 2.01. The molecule has 1 aromatic carbocycles. The SMILES string of the molecule is NS(=O)(=O)c1ccc(F)c(C(=O)NCCN2CCOC2=O)c1. The number of amides is 2. The van der Waals surface area contributed by atoms with Crippen LogP contribution >= 0.6 is 0 Å². The number of primary sulfonamides is 1. The van der Waals surface area contributed by atoms with Crippen LogP contribution in [0.4, 0.5) is 9.18 Å². The maximum atomic E-state index is 13.6. The number of hydrogen-bond acceptors (Lipinski definition) is 5. The maximum Gasteiger partial charge on any atom is 0.409 e. The van der Waals surface area contributed by atoms with E-state index in [0.29, 0.717) is 6.54 Å². The number of cyclic esters (lactones) is 1. The Morgan fingerprint density at radius 3 is 2.77 bits per heavy atom. The summed E-state index contributed by atoms with van der Waals surface area (Å²) in [6.45, 7) is 0.996. The van der Waals surface area contributed by atoms with Crippen LogP contribution in [-0.2, 0) is 14.8 Å². The Labute approximate surface area is 126 Å². The van der Waals surface area contributed by atoms with E-state index in [2.05, 4.69) is 5.32 Å². The number of nitrogens with zero attached hydrogens (tertiary/aromatic N) is 1. The summed E-state index contributed by atoms with van der Waals surface area (Å²) in [5.41, 5.74) is -0.435. The summed E-state index contributed by atoms with van der Waals surface area (Å²) < 4.78 is 40.7. The van der Waals surface area contributed by atoms with E-state index in [0.717, 1.165) is 18.2 Å². The largest absolute Gasteiger partial charge is 0.448 e. The second-order valence-electron chi connectivity index (χ2n) is 4.54. The Hall–Kier alpha value is -2.20. The summed E-state index contributed by atoms with van der Waals surface area (Å²) in [7, 11) is -4.03. The van der Waals surface area contributed by atoms with Crippen molar-refractivity contribution in [2.75, 3.05) is 26.2 Å². The zero-order valence-corrected chi connectivity index (χ0v) is 12.2. The van der Waals surface area contributed by atoms with Crippen LogP contribution in [-0.4, -0.2) is 51.6 Å². The van der Waals surface area contributed by atoms with Gasteiger partial charge in [0.15, 0.2) is 0 Å². The Morgan fingerprint density at radius 1 is 1.45 bits per heavy atom. The van der Waals surface area contributed by atoms with Crippen LogP contribution in [0, 0.1) is 5.82 Å². The van der Waals surface area contributed by atoms with Crippen molar-refractivity contribution < 1.29 is 27.1 Å². The molecule has 1 saturated heterocycles. The van der Waals surface area contributed by atoms with Crippen molar-refractivity contribution >= 4 is 22.0 Å². The quantitative estimate of drug-likeness (QED) is 0.765. The van der Waals surface area contributed by atoms with E-state index >= 15 is 0 Å². The van der Waals surface area contributed by atoms with Gasteiger partial charge in [0.2, 0.25) is 10.0 Å². The molecule has 2 rings (SSSR count). The van der Waals surface area contributed by atoms with E-state index in [4.69, 9.17) is 9.88 Å². The first-order valence-corrected chi connectivity index (χ1v) is 7.86. The molecule has 10 heteroatoms. The van der Waals surface area contributed by atoms with Gasteiger partial charge in [-0.05, 0) is 18.2 Å². The molecule has 0 aliphatic carbocycles. The van der Waals surface area contributed by atoms with Gasteiger partial charge >= 0.3 is 6.09 Å². The van der Waals surface area contributed by atoms with E-state index in [1.165, 1.54) is 4.90 Å². The Morgan fingerprint density at radius 2 is 2.18 bits per heavy atom. The van der Waals surface area contributed by atoms with Crippen LogP contribution < -0.4 is 10.5 Å². The molecule has 1 aliphatic heterocycles. The van der Waals surface area contributed by atoms with E-state index in [1.54, 1.807) is 0 Å². The lowest BCUT2D eigenvalue weighted by atomic mass is 10.2. The molecule has 1 aliphatic rings. The minimum atomic E-state index is -4.03. The Bertz CT molecular complexity index is 707. The van der Waals surface area contributed by atoms with Gasteiger partial charge in [0.25, 0.3) is 5.91 Å². The average Bonchev–Trinajstić information content (AvgIpc) is 2.83. The van der Waals surface area contributed by atoms with Crippen LogP contribution in [0.25, 0.3) is 0 Å².